The van der Waals surface area contributed by atoms with E-state index in [1.54, 1.807) is 0 Å². The van der Waals surface area contributed by atoms with E-state index >= 15 is 0 Å². The lowest BCUT2D eigenvalue weighted by Gasteiger charge is -2.09. The number of carboxylic acids is 1. The summed E-state index contributed by atoms with van der Waals surface area (Å²) in [6, 6.07) is 10.2. The molecule has 1 aromatic heterocycles. The van der Waals surface area contributed by atoms with Crippen molar-refractivity contribution in [3.63, 3.8) is 0 Å². The number of nitrogens with zero attached hydrogens (tertiary/aromatic N) is 2. The zero-order valence-electron chi connectivity index (χ0n) is 14.7. The van der Waals surface area contributed by atoms with E-state index in [4.69, 9.17) is 0 Å². The van der Waals surface area contributed by atoms with E-state index in [1.807, 2.05) is 0 Å². The van der Waals surface area contributed by atoms with Crippen LogP contribution in [0, 0.1) is 0 Å². The van der Waals surface area contributed by atoms with Gasteiger partial charge in [-0.1, -0.05) is 12.1 Å². The van der Waals surface area contributed by atoms with E-state index in [-0.39, 0.29) is 16.2 Å². The molecule has 2 aromatic carbocycles. The van der Waals surface area contributed by atoms with Crippen LogP contribution in [0.1, 0.15) is 10.4 Å². The molecule has 29 heavy (non-hydrogen) atoms. The van der Waals surface area contributed by atoms with Gasteiger partial charge in [-0.25, -0.2) is 17.9 Å². The lowest BCUT2D eigenvalue weighted by Crippen LogP contribution is -2.17. The topological polar surface area (TPSA) is 98.5 Å². The van der Waals surface area contributed by atoms with Gasteiger partial charge in [-0.3, -0.25) is 0 Å². The quantitative estimate of drug-likeness (QED) is 0.670. The van der Waals surface area contributed by atoms with Crippen molar-refractivity contribution in [3.8, 4) is 22.7 Å². The first-order valence-electron chi connectivity index (χ1n) is 7.94. The van der Waals surface area contributed by atoms with Crippen molar-refractivity contribution in [1.29, 1.82) is 0 Å². The number of sulfone groups is 1. The van der Waals surface area contributed by atoms with Crippen LogP contribution in [0.15, 0.2) is 59.6 Å². The third-order valence-corrected chi connectivity index (χ3v) is 4.96. The second-order valence-corrected chi connectivity index (χ2v) is 8.00. The van der Waals surface area contributed by atoms with E-state index in [1.165, 1.54) is 47.3 Å². The monoisotopic (exact) mass is 426 g/mol. The fraction of sp³-hybridized carbons (Fsp3) is 0.111. The summed E-state index contributed by atoms with van der Waals surface area (Å²) < 4.78 is 64.9. The smallest absolute Gasteiger partial charge is 0.478 e. The average molecular weight is 426 g/mol. The van der Waals surface area contributed by atoms with Gasteiger partial charge < -0.3 is 9.84 Å². The van der Waals surface area contributed by atoms with E-state index in [0.29, 0.717) is 11.3 Å². The fourth-order valence-corrected chi connectivity index (χ4v) is 3.17. The number of benzene rings is 2. The van der Waals surface area contributed by atoms with Crippen LogP contribution in [-0.2, 0) is 9.84 Å². The molecule has 0 fully saturated rings. The minimum Gasteiger partial charge on any atom is -0.478 e. The lowest BCUT2D eigenvalue weighted by molar-refractivity contribution is -0.274. The van der Waals surface area contributed by atoms with Crippen LogP contribution in [0.4, 0.5) is 13.2 Å². The van der Waals surface area contributed by atoms with Gasteiger partial charge in [-0.15, -0.1) is 13.2 Å². The van der Waals surface area contributed by atoms with Crippen molar-refractivity contribution in [2.75, 3.05) is 6.26 Å². The molecule has 0 atom stereocenters. The maximum atomic E-state index is 12.3. The number of ether oxygens (including phenoxy) is 1. The van der Waals surface area contributed by atoms with Crippen LogP contribution in [0.25, 0.3) is 16.9 Å². The van der Waals surface area contributed by atoms with Gasteiger partial charge in [-0.2, -0.15) is 5.10 Å². The van der Waals surface area contributed by atoms with E-state index in [0.717, 1.165) is 18.4 Å². The first kappa shape index (κ1) is 20.4. The molecular formula is C18H13F3N2O5S. The van der Waals surface area contributed by atoms with Crippen LogP contribution < -0.4 is 4.74 Å². The van der Waals surface area contributed by atoms with Gasteiger partial charge in [0.05, 0.1) is 10.6 Å². The molecule has 11 heteroatoms. The number of hydrogen-bond acceptors (Lipinski definition) is 5. The maximum Gasteiger partial charge on any atom is 0.573 e. The molecule has 0 radical (unpaired) electrons. The SMILES string of the molecule is CS(=O)(=O)c1ccc(-c2nn(-c3ccc(OC(F)(F)F)cc3)cc2C(=O)O)cc1. The molecule has 0 saturated heterocycles. The van der Waals surface area contributed by atoms with Crippen LogP contribution in [0.2, 0.25) is 0 Å². The molecule has 3 rings (SSSR count). The Balaban J connectivity index is 1.98. The standard InChI is InChI=1S/C18H13F3N2O5S/c1-29(26,27)14-8-2-11(3-9-14)16-15(17(24)25)10-23(22-16)12-4-6-13(7-5-12)28-18(19,20)21/h2-10H,1H3,(H,24,25). The van der Waals surface area contributed by atoms with Gasteiger partial charge >= 0.3 is 12.3 Å². The second kappa shape index (κ2) is 7.24. The Hall–Kier alpha value is -3.34. The Morgan fingerprint density at radius 1 is 1.07 bits per heavy atom. The molecular weight excluding hydrogens is 413 g/mol. The van der Waals surface area contributed by atoms with Gasteiger partial charge in [0.1, 0.15) is 17.0 Å². The molecule has 0 aliphatic heterocycles. The summed E-state index contributed by atoms with van der Waals surface area (Å²) in [5.74, 6) is -1.70. The summed E-state index contributed by atoms with van der Waals surface area (Å²) in [5, 5.41) is 13.6. The highest BCUT2D eigenvalue weighted by molar-refractivity contribution is 7.90. The zero-order chi connectivity index (χ0) is 21.4. The van der Waals surface area contributed by atoms with Crippen LogP contribution >= 0.6 is 0 Å². The molecule has 0 spiro atoms. The minimum absolute atomic E-state index is 0.0674. The third kappa shape index (κ3) is 4.74. The number of carbonyl (C=O) groups is 1. The van der Waals surface area contributed by atoms with E-state index < -0.39 is 27.9 Å². The van der Waals surface area contributed by atoms with Gasteiger partial charge in [-0.05, 0) is 36.4 Å². The van der Waals surface area contributed by atoms with Gasteiger partial charge in [0.2, 0.25) is 0 Å². The number of aromatic nitrogens is 2. The number of alkyl halides is 3. The molecule has 0 unspecified atom stereocenters. The molecule has 1 N–H and O–H groups in total. The van der Waals surface area contributed by atoms with Gasteiger partial charge in [0, 0.05) is 18.0 Å². The Labute approximate surface area is 162 Å². The molecule has 0 saturated carbocycles. The van der Waals surface area contributed by atoms with Crippen molar-refractivity contribution in [2.45, 2.75) is 11.3 Å². The summed E-state index contributed by atoms with van der Waals surface area (Å²) in [6.45, 7) is 0. The van der Waals surface area contributed by atoms with Gasteiger partial charge in [0.25, 0.3) is 0 Å². The highest BCUT2D eigenvalue weighted by Gasteiger charge is 2.31. The summed E-state index contributed by atoms with van der Waals surface area (Å²) in [5.41, 5.74) is 0.590. The second-order valence-electron chi connectivity index (χ2n) is 5.98. The first-order chi connectivity index (χ1) is 13.4. The molecule has 0 aliphatic rings. The highest BCUT2D eigenvalue weighted by Crippen LogP contribution is 2.27. The van der Waals surface area contributed by atoms with Crippen molar-refractivity contribution < 1.29 is 36.2 Å². The van der Waals surface area contributed by atoms with Crippen molar-refractivity contribution in [3.05, 3.63) is 60.3 Å². The Bertz CT molecular complexity index is 1150. The summed E-state index contributed by atoms with van der Waals surface area (Å²) in [7, 11) is -3.42. The molecule has 7 nitrogen and oxygen atoms in total. The predicted octanol–water partition coefficient (Wildman–Crippen LogP) is 3.54. The average Bonchev–Trinajstić information content (AvgIpc) is 3.06. The number of hydrogen-bond donors (Lipinski definition) is 1. The molecule has 0 bridgehead atoms. The van der Waals surface area contributed by atoms with Crippen molar-refractivity contribution in [1.82, 2.24) is 9.78 Å². The summed E-state index contributed by atoms with van der Waals surface area (Å²) in [6.07, 6.45) is -2.57. The highest BCUT2D eigenvalue weighted by atomic mass is 32.2. The maximum absolute atomic E-state index is 12.3. The number of rotatable bonds is 5. The molecule has 0 amide bonds. The van der Waals surface area contributed by atoms with E-state index in [2.05, 4.69) is 9.84 Å². The first-order valence-corrected chi connectivity index (χ1v) is 9.83. The fourth-order valence-electron chi connectivity index (χ4n) is 2.54. The molecule has 152 valence electrons. The molecule has 3 aromatic rings. The van der Waals surface area contributed by atoms with Crippen molar-refractivity contribution in [2.24, 2.45) is 0 Å². The van der Waals surface area contributed by atoms with Crippen molar-refractivity contribution >= 4 is 15.8 Å². The minimum atomic E-state index is -4.82. The number of aromatic carboxylic acids is 1. The number of halogens is 3. The normalized spacial score (nSPS) is 12.0. The van der Waals surface area contributed by atoms with Crippen LogP contribution in [0.3, 0.4) is 0 Å². The lowest BCUT2D eigenvalue weighted by atomic mass is 10.1. The summed E-state index contributed by atoms with van der Waals surface area (Å²) >= 11 is 0. The van der Waals surface area contributed by atoms with Crippen LogP contribution in [0.5, 0.6) is 5.75 Å². The largest absolute Gasteiger partial charge is 0.573 e. The Morgan fingerprint density at radius 2 is 1.66 bits per heavy atom. The molecule has 1 heterocycles. The summed E-state index contributed by atoms with van der Waals surface area (Å²) in [4.78, 5) is 11.6. The zero-order valence-corrected chi connectivity index (χ0v) is 15.5. The number of carboxylic acid groups (broad SMARTS) is 1. The molecule has 0 aliphatic carbocycles. The van der Waals surface area contributed by atoms with Crippen LogP contribution in [-0.4, -0.2) is 41.9 Å². The Kier molecular flexibility index (Phi) is 5.09. The van der Waals surface area contributed by atoms with Gasteiger partial charge in [0.15, 0.2) is 9.84 Å². The third-order valence-electron chi connectivity index (χ3n) is 3.84. The van der Waals surface area contributed by atoms with E-state index in [9.17, 15) is 31.5 Å². The Morgan fingerprint density at radius 3 is 2.14 bits per heavy atom. The predicted molar refractivity (Wildman–Crippen MR) is 95.8 cm³/mol.